The third-order valence-corrected chi connectivity index (χ3v) is 7.25. The van der Waals surface area contributed by atoms with Crippen molar-refractivity contribution in [3.05, 3.63) is 53.2 Å². The number of benzene rings is 1. The van der Waals surface area contributed by atoms with E-state index in [0.29, 0.717) is 5.92 Å². The molecule has 0 radical (unpaired) electrons. The van der Waals surface area contributed by atoms with Crippen molar-refractivity contribution >= 4 is 29.9 Å². The number of oxazole rings is 1. The van der Waals surface area contributed by atoms with Crippen LogP contribution in [-0.4, -0.2) is 49.1 Å². The predicted octanol–water partition coefficient (Wildman–Crippen LogP) is 5.04. The lowest BCUT2D eigenvalue weighted by molar-refractivity contribution is 0.164. The minimum Gasteiger partial charge on any atom is -0.444 e. The Kier molecular flexibility index (Phi) is 11.2. The summed E-state index contributed by atoms with van der Waals surface area (Å²) in [5.74, 6) is 3.34. The largest absolute Gasteiger partial charge is 0.444 e. The van der Waals surface area contributed by atoms with Crippen molar-refractivity contribution in [1.82, 2.24) is 20.5 Å². The quantitative estimate of drug-likeness (QED) is 0.253. The topological polar surface area (TPSA) is 65.7 Å². The number of aromatic nitrogens is 1. The highest BCUT2D eigenvalue weighted by Crippen LogP contribution is 2.30. The Morgan fingerprint density at radius 1 is 1.12 bits per heavy atom. The minimum absolute atomic E-state index is 0. The van der Waals surface area contributed by atoms with Crippen molar-refractivity contribution in [2.45, 2.75) is 65.3 Å². The molecule has 1 aliphatic heterocycles. The summed E-state index contributed by atoms with van der Waals surface area (Å²) in [6.07, 6.45) is 4.56. The molecule has 0 spiro atoms. The highest BCUT2D eigenvalue weighted by molar-refractivity contribution is 14.0. The Bertz CT molecular complexity index is 835. The standard InChI is InChI=1S/C26H41N5O.HI/c1-6-26(7-2,23-11-9-8-10-12-23)19-29-25(27-5)28-17-22-13-15-31(16-14-22)18-24-30-20(3)21(4)32-24;/h8-12,22H,6-7,13-19H2,1-5H3,(H2,27,28,29);1H. The van der Waals surface area contributed by atoms with Crippen molar-refractivity contribution in [3.63, 3.8) is 0 Å². The van der Waals surface area contributed by atoms with Gasteiger partial charge in [0.1, 0.15) is 5.76 Å². The first-order valence-corrected chi connectivity index (χ1v) is 12.1. The van der Waals surface area contributed by atoms with Crippen molar-refractivity contribution < 1.29 is 4.42 Å². The van der Waals surface area contributed by atoms with Gasteiger partial charge in [0.25, 0.3) is 0 Å². The average molecular weight is 568 g/mol. The number of aliphatic imine (C=N–C) groups is 1. The van der Waals surface area contributed by atoms with Gasteiger partial charge in [-0.3, -0.25) is 9.89 Å². The second-order valence-electron chi connectivity index (χ2n) is 9.13. The fourth-order valence-corrected chi connectivity index (χ4v) is 4.66. The summed E-state index contributed by atoms with van der Waals surface area (Å²) in [4.78, 5) is 11.5. The van der Waals surface area contributed by atoms with E-state index in [4.69, 9.17) is 4.42 Å². The third-order valence-electron chi connectivity index (χ3n) is 7.25. The maximum atomic E-state index is 5.75. The maximum absolute atomic E-state index is 5.75. The van der Waals surface area contributed by atoms with Gasteiger partial charge in [0, 0.05) is 25.6 Å². The summed E-state index contributed by atoms with van der Waals surface area (Å²) in [5, 5.41) is 7.18. The van der Waals surface area contributed by atoms with Gasteiger partial charge in [-0.2, -0.15) is 0 Å². The fourth-order valence-electron chi connectivity index (χ4n) is 4.66. The molecule has 2 aromatic rings. The predicted molar refractivity (Wildman–Crippen MR) is 147 cm³/mol. The summed E-state index contributed by atoms with van der Waals surface area (Å²) in [6.45, 7) is 13.4. The Labute approximate surface area is 217 Å². The second kappa shape index (κ2) is 13.3. The van der Waals surface area contributed by atoms with Crippen LogP contribution in [0.4, 0.5) is 0 Å². The van der Waals surface area contributed by atoms with Crippen molar-refractivity contribution in [2.75, 3.05) is 33.2 Å². The van der Waals surface area contributed by atoms with Crippen LogP contribution in [0.1, 0.15) is 62.4 Å². The van der Waals surface area contributed by atoms with E-state index in [-0.39, 0.29) is 29.4 Å². The van der Waals surface area contributed by atoms with Crippen LogP contribution >= 0.6 is 24.0 Å². The second-order valence-corrected chi connectivity index (χ2v) is 9.13. The zero-order chi connectivity index (χ0) is 23.0. The molecule has 0 amide bonds. The van der Waals surface area contributed by atoms with Gasteiger partial charge in [0.05, 0.1) is 12.2 Å². The number of hydrogen-bond donors (Lipinski definition) is 2. The van der Waals surface area contributed by atoms with Gasteiger partial charge >= 0.3 is 0 Å². The molecule has 7 heteroatoms. The summed E-state index contributed by atoms with van der Waals surface area (Å²) < 4.78 is 5.75. The van der Waals surface area contributed by atoms with E-state index in [1.807, 2.05) is 20.9 Å². The third kappa shape index (κ3) is 7.44. The van der Waals surface area contributed by atoms with Crippen LogP contribution in [0.15, 0.2) is 39.7 Å². The van der Waals surface area contributed by atoms with Crippen molar-refractivity contribution in [1.29, 1.82) is 0 Å². The lowest BCUT2D eigenvalue weighted by Crippen LogP contribution is -2.47. The molecule has 0 bridgehead atoms. The molecular weight excluding hydrogens is 525 g/mol. The van der Waals surface area contributed by atoms with Crippen LogP contribution in [0.2, 0.25) is 0 Å². The maximum Gasteiger partial charge on any atom is 0.208 e. The fraction of sp³-hybridized carbons (Fsp3) is 0.615. The van der Waals surface area contributed by atoms with Crippen molar-refractivity contribution in [2.24, 2.45) is 10.9 Å². The highest BCUT2D eigenvalue weighted by atomic mass is 127. The number of nitrogens with zero attached hydrogens (tertiary/aromatic N) is 3. The van der Waals surface area contributed by atoms with Crippen LogP contribution in [-0.2, 0) is 12.0 Å². The zero-order valence-corrected chi connectivity index (χ0v) is 23.3. The molecule has 33 heavy (non-hydrogen) atoms. The molecule has 1 aromatic carbocycles. The molecule has 184 valence electrons. The Morgan fingerprint density at radius 3 is 2.33 bits per heavy atom. The van der Waals surface area contributed by atoms with E-state index in [1.165, 1.54) is 18.4 Å². The lowest BCUT2D eigenvalue weighted by Gasteiger charge is -2.34. The Balaban J connectivity index is 0.00000385. The van der Waals surface area contributed by atoms with Gasteiger partial charge in [-0.1, -0.05) is 44.2 Å². The van der Waals surface area contributed by atoms with Gasteiger partial charge in [0.2, 0.25) is 5.89 Å². The van der Waals surface area contributed by atoms with Gasteiger partial charge in [-0.05, 0) is 64.1 Å². The van der Waals surface area contributed by atoms with Crippen LogP contribution in [0.5, 0.6) is 0 Å². The summed E-state index contributed by atoms with van der Waals surface area (Å²) in [6, 6.07) is 10.9. The summed E-state index contributed by atoms with van der Waals surface area (Å²) >= 11 is 0. The summed E-state index contributed by atoms with van der Waals surface area (Å²) in [7, 11) is 1.86. The number of nitrogens with one attached hydrogen (secondary N) is 2. The minimum atomic E-state index is 0. The molecule has 2 N–H and O–H groups in total. The number of halogens is 1. The van der Waals surface area contributed by atoms with Gasteiger partial charge in [0.15, 0.2) is 5.96 Å². The van der Waals surface area contributed by atoms with Gasteiger partial charge in [-0.25, -0.2) is 4.98 Å². The van der Waals surface area contributed by atoms with Crippen LogP contribution in [0.3, 0.4) is 0 Å². The molecule has 1 saturated heterocycles. The monoisotopic (exact) mass is 567 g/mol. The molecule has 0 atom stereocenters. The Hall–Kier alpha value is -1.61. The van der Waals surface area contributed by atoms with E-state index < -0.39 is 0 Å². The summed E-state index contributed by atoms with van der Waals surface area (Å²) in [5.41, 5.74) is 2.53. The molecule has 0 unspecified atom stereocenters. The lowest BCUT2D eigenvalue weighted by atomic mass is 9.76. The van der Waals surface area contributed by atoms with E-state index in [1.54, 1.807) is 0 Å². The van der Waals surface area contributed by atoms with Crippen LogP contribution in [0, 0.1) is 19.8 Å². The van der Waals surface area contributed by atoms with Gasteiger partial charge in [-0.15, -0.1) is 24.0 Å². The first-order valence-electron chi connectivity index (χ1n) is 12.1. The first kappa shape index (κ1) is 27.6. The molecule has 1 aliphatic rings. The molecule has 6 nitrogen and oxygen atoms in total. The normalized spacial score (nSPS) is 15.8. The molecule has 2 heterocycles. The molecule has 0 saturated carbocycles. The number of hydrogen-bond acceptors (Lipinski definition) is 4. The molecule has 3 rings (SSSR count). The number of guanidine groups is 1. The highest BCUT2D eigenvalue weighted by Gasteiger charge is 2.28. The average Bonchev–Trinajstić information content (AvgIpc) is 3.14. The van der Waals surface area contributed by atoms with Gasteiger partial charge < -0.3 is 15.1 Å². The van der Waals surface area contributed by atoms with Crippen LogP contribution < -0.4 is 10.6 Å². The number of likely N-dealkylation sites (tertiary alicyclic amines) is 1. The number of aryl methyl sites for hydroxylation is 2. The van der Waals surface area contributed by atoms with E-state index >= 15 is 0 Å². The first-order chi connectivity index (χ1) is 15.5. The zero-order valence-electron chi connectivity index (χ0n) is 21.0. The molecule has 1 fully saturated rings. The smallest absolute Gasteiger partial charge is 0.208 e. The number of piperidine rings is 1. The van der Waals surface area contributed by atoms with E-state index in [9.17, 15) is 0 Å². The van der Waals surface area contributed by atoms with E-state index in [0.717, 1.165) is 68.9 Å². The number of rotatable bonds is 9. The van der Waals surface area contributed by atoms with E-state index in [2.05, 4.69) is 69.7 Å². The molecule has 1 aromatic heterocycles. The SMILES string of the molecule is CCC(CC)(CNC(=NC)NCC1CCN(Cc2nc(C)c(C)o2)CC1)c1ccccc1.I. The molecular formula is C26H42IN5O. The van der Waals surface area contributed by atoms with Crippen LogP contribution in [0.25, 0.3) is 0 Å². The molecule has 0 aliphatic carbocycles. The van der Waals surface area contributed by atoms with Crippen molar-refractivity contribution in [3.8, 4) is 0 Å². The Morgan fingerprint density at radius 2 is 1.79 bits per heavy atom.